The summed E-state index contributed by atoms with van der Waals surface area (Å²) in [5.74, 6) is 0. The fourth-order valence-corrected chi connectivity index (χ4v) is 2.15. The van der Waals surface area contributed by atoms with E-state index in [1.54, 1.807) is 24.7 Å². The molecule has 2 heterocycles. The number of aliphatic hydroxyl groups excluding tert-OH is 1. The van der Waals surface area contributed by atoms with Crippen LogP contribution in [0.15, 0.2) is 35.8 Å². The Bertz CT molecular complexity index is 428. The van der Waals surface area contributed by atoms with Crippen molar-refractivity contribution in [3.05, 3.63) is 36.2 Å². The standard InChI is InChI=1S/C15H21N3O2/c19-15(12-18-9-1-2-10-18)13-20-17-8-4-6-14-5-3-7-16-11-14/h3-8,11,15,19H,1-2,9-10,12-13H2/b6-4+,17-8+. The third-order valence-corrected chi connectivity index (χ3v) is 3.13. The first kappa shape index (κ1) is 14.7. The van der Waals surface area contributed by atoms with Crippen molar-refractivity contribution in [2.75, 3.05) is 26.2 Å². The van der Waals surface area contributed by atoms with Crippen LogP contribution >= 0.6 is 0 Å². The van der Waals surface area contributed by atoms with Crippen molar-refractivity contribution in [3.8, 4) is 0 Å². The molecular weight excluding hydrogens is 254 g/mol. The van der Waals surface area contributed by atoms with Crippen molar-refractivity contribution >= 4 is 12.3 Å². The van der Waals surface area contributed by atoms with Crippen molar-refractivity contribution in [3.63, 3.8) is 0 Å². The molecule has 1 unspecified atom stereocenters. The number of rotatable bonds is 7. The van der Waals surface area contributed by atoms with Gasteiger partial charge in [-0.1, -0.05) is 17.3 Å². The van der Waals surface area contributed by atoms with Crippen LogP contribution in [0, 0.1) is 0 Å². The highest BCUT2D eigenvalue weighted by molar-refractivity contribution is 5.77. The Morgan fingerprint density at radius 2 is 2.30 bits per heavy atom. The molecule has 1 saturated heterocycles. The number of hydrogen-bond donors (Lipinski definition) is 1. The van der Waals surface area contributed by atoms with Gasteiger partial charge in [0.05, 0.1) is 6.21 Å². The van der Waals surface area contributed by atoms with Crippen LogP contribution in [0.3, 0.4) is 0 Å². The normalized spacial score (nSPS) is 18.1. The molecule has 1 aromatic heterocycles. The fraction of sp³-hybridized carbons (Fsp3) is 0.467. The average molecular weight is 275 g/mol. The van der Waals surface area contributed by atoms with Gasteiger partial charge in [0.25, 0.3) is 0 Å². The largest absolute Gasteiger partial charge is 0.393 e. The lowest BCUT2D eigenvalue weighted by atomic mass is 10.3. The molecule has 0 saturated carbocycles. The molecule has 0 spiro atoms. The molecule has 20 heavy (non-hydrogen) atoms. The minimum Gasteiger partial charge on any atom is -0.393 e. The number of nitrogens with zero attached hydrogens (tertiary/aromatic N) is 3. The molecule has 5 heteroatoms. The first-order valence-electron chi connectivity index (χ1n) is 6.97. The number of aliphatic hydroxyl groups is 1. The predicted molar refractivity (Wildman–Crippen MR) is 79.4 cm³/mol. The molecule has 1 fully saturated rings. The highest BCUT2D eigenvalue weighted by Gasteiger charge is 2.15. The first-order valence-corrected chi connectivity index (χ1v) is 6.97. The van der Waals surface area contributed by atoms with Crippen LogP contribution in [-0.4, -0.2) is 53.6 Å². The summed E-state index contributed by atoms with van der Waals surface area (Å²) in [7, 11) is 0. The smallest absolute Gasteiger partial charge is 0.144 e. The van der Waals surface area contributed by atoms with Crippen LogP contribution in [0.2, 0.25) is 0 Å². The molecular formula is C15H21N3O2. The van der Waals surface area contributed by atoms with Crippen molar-refractivity contribution in [2.24, 2.45) is 5.16 Å². The van der Waals surface area contributed by atoms with E-state index in [0.717, 1.165) is 18.7 Å². The van der Waals surface area contributed by atoms with E-state index in [2.05, 4.69) is 15.0 Å². The van der Waals surface area contributed by atoms with Gasteiger partial charge < -0.3 is 14.8 Å². The van der Waals surface area contributed by atoms with Crippen LogP contribution in [0.5, 0.6) is 0 Å². The van der Waals surface area contributed by atoms with E-state index < -0.39 is 6.10 Å². The Labute approximate surface area is 119 Å². The second-order valence-electron chi connectivity index (χ2n) is 4.86. The Balaban J connectivity index is 1.60. The van der Waals surface area contributed by atoms with Gasteiger partial charge in [0.2, 0.25) is 0 Å². The maximum Gasteiger partial charge on any atom is 0.144 e. The lowest BCUT2D eigenvalue weighted by Gasteiger charge is -2.17. The van der Waals surface area contributed by atoms with Crippen molar-refractivity contribution in [2.45, 2.75) is 18.9 Å². The van der Waals surface area contributed by atoms with Gasteiger partial charge in [-0.05, 0) is 43.6 Å². The number of hydrogen-bond acceptors (Lipinski definition) is 5. The van der Waals surface area contributed by atoms with Gasteiger partial charge in [0.15, 0.2) is 0 Å². The summed E-state index contributed by atoms with van der Waals surface area (Å²) in [5.41, 5.74) is 1.01. The molecule has 0 bridgehead atoms. The quantitative estimate of drug-likeness (QED) is 0.606. The zero-order chi connectivity index (χ0) is 14.0. The molecule has 1 atom stereocenters. The highest BCUT2D eigenvalue weighted by Crippen LogP contribution is 2.07. The van der Waals surface area contributed by atoms with Gasteiger partial charge in [0.1, 0.15) is 12.7 Å². The van der Waals surface area contributed by atoms with E-state index in [1.807, 2.05) is 18.2 Å². The zero-order valence-corrected chi connectivity index (χ0v) is 11.6. The van der Waals surface area contributed by atoms with Crippen molar-refractivity contribution in [1.29, 1.82) is 0 Å². The van der Waals surface area contributed by atoms with Crippen LogP contribution in [0.25, 0.3) is 6.08 Å². The second kappa shape index (κ2) is 8.45. The first-order chi connectivity index (χ1) is 9.84. The highest BCUT2D eigenvalue weighted by atomic mass is 16.6. The summed E-state index contributed by atoms with van der Waals surface area (Å²) in [6.07, 6.45) is 10.7. The molecule has 0 amide bonds. The Hall–Kier alpha value is -1.72. The molecule has 108 valence electrons. The molecule has 1 aliphatic heterocycles. The van der Waals surface area contributed by atoms with E-state index in [4.69, 9.17) is 4.84 Å². The van der Waals surface area contributed by atoms with Crippen LogP contribution in [0.4, 0.5) is 0 Å². The van der Waals surface area contributed by atoms with E-state index in [0.29, 0.717) is 6.54 Å². The summed E-state index contributed by atoms with van der Waals surface area (Å²) in [6, 6.07) is 3.83. The number of aromatic nitrogens is 1. The number of pyridine rings is 1. The maximum absolute atomic E-state index is 9.78. The van der Waals surface area contributed by atoms with Crippen LogP contribution < -0.4 is 0 Å². The van der Waals surface area contributed by atoms with Gasteiger partial charge in [-0.2, -0.15) is 0 Å². The van der Waals surface area contributed by atoms with Gasteiger partial charge in [-0.3, -0.25) is 4.98 Å². The predicted octanol–water partition coefficient (Wildman–Crippen LogP) is 1.55. The molecule has 1 aromatic rings. The number of β-amino-alcohol motifs (C(OH)–C–C–N with tert-alkyl or cyclic N) is 1. The summed E-state index contributed by atoms with van der Waals surface area (Å²) >= 11 is 0. The third kappa shape index (κ3) is 5.50. The average Bonchev–Trinajstić information content (AvgIpc) is 2.96. The number of allylic oxidation sites excluding steroid dienone is 1. The monoisotopic (exact) mass is 275 g/mol. The number of likely N-dealkylation sites (tertiary alicyclic amines) is 1. The van der Waals surface area contributed by atoms with Gasteiger partial charge >= 0.3 is 0 Å². The van der Waals surface area contributed by atoms with E-state index in [1.165, 1.54) is 12.8 Å². The molecule has 5 nitrogen and oxygen atoms in total. The van der Waals surface area contributed by atoms with Crippen LogP contribution in [-0.2, 0) is 4.84 Å². The Morgan fingerprint density at radius 3 is 3.05 bits per heavy atom. The molecule has 0 aliphatic carbocycles. The van der Waals surface area contributed by atoms with E-state index >= 15 is 0 Å². The molecule has 2 rings (SSSR count). The molecule has 1 aliphatic rings. The SMILES string of the molecule is OC(CO/N=C/C=C/c1cccnc1)CN1CCCC1. The zero-order valence-electron chi connectivity index (χ0n) is 11.6. The Morgan fingerprint density at radius 1 is 1.45 bits per heavy atom. The van der Waals surface area contributed by atoms with Crippen LogP contribution in [0.1, 0.15) is 18.4 Å². The maximum atomic E-state index is 9.78. The minimum atomic E-state index is -0.479. The van der Waals surface area contributed by atoms with Gasteiger partial charge in [-0.15, -0.1) is 0 Å². The number of oxime groups is 1. The fourth-order valence-electron chi connectivity index (χ4n) is 2.15. The van der Waals surface area contributed by atoms with Crippen molar-refractivity contribution in [1.82, 2.24) is 9.88 Å². The molecule has 1 N–H and O–H groups in total. The topological polar surface area (TPSA) is 58.0 Å². The summed E-state index contributed by atoms with van der Waals surface area (Å²) in [5, 5.41) is 13.6. The summed E-state index contributed by atoms with van der Waals surface area (Å²) in [4.78, 5) is 11.3. The Kier molecular flexibility index (Phi) is 6.20. The third-order valence-electron chi connectivity index (χ3n) is 3.13. The molecule has 0 radical (unpaired) electrons. The summed E-state index contributed by atoms with van der Waals surface area (Å²) < 4.78 is 0. The van der Waals surface area contributed by atoms with Crippen molar-refractivity contribution < 1.29 is 9.94 Å². The van der Waals surface area contributed by atoms with Gasteiger partial charge in [-0.25, -0.2) is 0 Å². The second-order valence-corrected chi connectivity index (χ2v) is 4.86. The van der Waals surface area contributed by atoms with Gasteiger partial charge in [0, 0.05) is 18.9 Å². The van der Waals surface area contributed by atoms with E-state index in [-0.39, 0.29) is 6.61 Å². The summed E-state index contributed by atoms with van der Waals surface area (Å²) in [6.45, 7) is 3.05. The lowest BCUT2D eigenvalue weighted by Crippen LogP contribution is -2.32. The minimum absolute atomic E-state index is 0.230. The molecule has 0 aromatic carbocycles. The van der Waals surface area contributed by atoms with E-state index in [9.17, 15) is 5.11 Å². The lowest BCUT2D eigenvalue weighted by molar-refractivity contribution is 0.0236.